The molecule has 108 valence electrons. The number of hydrogen-bond acceptors (Lipinski definition) is 4. The quantitative estimate of drug-likeness (QED) is 0.922. The first-order valence-corrected chi connectivity index (χ1v) is 6.66. The van der Waals surface area contributed by atoms with Crippen LogP contribution in [0.2, 0.25) is 0 Å². The second-order valence-corrected chi connectivity index (χ2v) is 4.82. The van der Waals surface area contributed by atoms with Crippen molar-refractivity contribution in [3.05, 3.63) is 35.9 Å². The summed E-state index contributed by atoms with van der Waals surface area (Å²) in [5.41, 5.74) is 0.744. The van der Waals surface area contributed by atoms with E-state index in [1.807, 2.05) is 0 Å². The lowest BCUT2D eigenvalue weighted by atomic mass is 10.1. The van der Waals surface area contributed by atoms with Crippen LogP contribution in [-0.4, -0.2) is 16.7 Å². The molecule has 0 saturated carbocycles. The standard InChI is InChI=1S/C14H16FN3O.ClH/c15-11-7-5-10(6-8-11)14-17-13(18-19-14)12-4-2-1-3-9-16-12;/h5-8,12,16H,1-4,9H2;1H. The van der Waals surface area contributed by atoms with Gasteiger partial charge in [-0.2, -0.15) is 4.98 Å². The molecule has 1 atom stereocenters. The van der Waals surface area contributed by atoms with Crippen LogP contribution in [0.4, 0.5) is 4.39 Å². The lowest BCUT2D eigenvalue weighted by Crippen LogP contribution is -2.21. The maximum absolute atomic E-state index is 12.9. The number of nitrogens with one attached hydrogen (secondary N) is 1. The van der Waals surface area contributed by atoms with Gasteiger partial charge in [0.05, 0.1) is 6.04 Å². The van der Waals surface area contributed by atoms with Crippen molar-refractivity contribution in [2.24, 2.45) is 0 Å². The van der Waals surface area contributed by atoms with Crippen molar-refractivity contribution in [3.63, 3.8) is 0 Å². The molecular weight excluding hydrogens is 281 g/mol. The molecule has 1 N–H and O–H groups in total. The molecule has 1 fully saturated rings. The van der Waals surface area contributed by atoms with E-state index in [0.29, 0.717) is 11.7 Å². The zero-order valence-electron chi connectivity index (χ0n) is 11.0. The number of rotatable bonds is 2. The molecule has 0 aliphatic carbocycles. The average Bonchev–Trinajstić information content (AvgIpc) is 2.76. The molecule has 0 bridgehead atoms. The van der Waals surface area contributed by atoms with Crippen molar-refractivity contribution >= 4 is 12.4 Å². The molecule has 2 aromatic rings. The molecule has 2 heterocycles. The first-order chi connectivity index (χ1) is 9.33. The van der Waals surface area contributed by atoms with Crippen LogP contribution < -0.4 is 5.32 Å². The first-order valence-electron chi connectivity index (χ1n) is 6.66. The zero-order valence-corrected chi connectivity index (χ0v) is 11.8. The predicted octanol–water partition coefficient (Wildman–Crippen LogP) is 3.50. The summed E-state index contributed by atoms with van der Waals surface area (Å²) in [5.74, 6) is 0.871. The van der Waals surface area contributed by atoms with Gasteiger partial charge in [0.15, 0.2) is 5.82 Å². The van der Waals surface area contributed by atoms with Crippen LogP contribution in [0, 0.1) is 5.82 Å². The third-order valence-electron chi connectivity index (χ3n) is 3.40. The Kier molecular flexibility index (Phi) is 5.09. The predicted molar refractivity (Wildman–Crippen MR) is 76.2 cm³/mol. The van der Waals surface area contributed by atoms with Gasteiger partial charge in [-0.05, 0) is 43.7 Å². The molecule has 4 nitrogen and oxygen atoms in total. The van der Waals surface area contributed by atoms with E-state index >= 15 is 0 Å². The van der Waals surface area contributed by atoms with Gasteiger partial charge in [0, 0.05) is 5.56 Å². The van der Waals surface area contributed by atoms with Crippen molar-refractivity contribution in [2.75, 3.05) is 6.54 Å². The minimum atomic E-state index is -0.270. The summed E-state index contributed by atoms with van der Waals surface area (Å²) in [6.45, 7) is 0.991. The molecular formula is C14H17ClFN3O. The van der Waals surface area contributed by atoms with Gasteiger partial charge in [-0.15, -0.1) is 12.4 Å². The lowest BCUT2D eigenvalue weighted by Gasteiger charge is -2.09. The van der Waals surface area contributed by atoms with Gasteiger partial charge in [0.1, 0.15) is 5.82 Å². The minimum absolute atomic E-state index is 0. The Hall–Kier alpha value is -1.46. The van der Waals surface area contributed by atoms with Gasteiger partial charge in [0.25, 0.3) is 5.89 Å². The fourth-order valence-electron chi connectivity index (χ4n) is 2.34. The number of benzene rings is 1. The summed E-state index contributed by atoms with van der Waals surface area (Å²) in [4.78, 5) is 4.41. The third-order valence-corrected chi connectivity index (χ3v) is 3.40. The van der Waals surface area contributed by atoms with E-state index in [1.54, 1.807) is 12.1 Å². The van der Waals surface area contributed by atoms with E-state index in [9.17, 15) is 4.39 Å². The Bertz CT molecular complexity index is 536. The Labute approximate surface area is 123 Å². The molecule has 0 spiro atoms. The van der Waals surface area contributed by atoms with Crippen LogP contribution in [0.15, 0.2) is 28.8 Å². The van der Waals surface area contributed by atoms with Crippen molar-refractivity contribution in [3.8, 4) is 11.5 Å². The van der Waals surface area contributed by atoms with Gasteiger partial charge in [-0.3, -0.25) is 0 Å². The summed E-state index contributed by atoms with van der Waals surface area (Å²) >= 11 is 0. The van der Waals surface area contributed by atoms with Gasteiger partial charge >= 0.3 is 0 Å². The SMILES string of the molecule is Cl.Fc1ccc(-c2nc(C3CCCCCN3)no2)cc1. The number of hydrogen-bond donors (Lipinski definition) is 1. The first kappa shape index (κ1) is 14.9. The van der Waals surface area contributed by atoms with E-state index < -0.39 is 0 Å². The lowest BCUT2D eigenvalue weighted by molar-refractivity contribution is 0.402. The van der Waals surface area contributed by atoms with Crippen molar-refractivity contribution in [2.45, 2.75) is 31.7 Å². The highest BCUT2D eigenvalue weighted by Gasteiger charge is 2.19. The minimum Gasteiger partial charge on any atom is -0.334 e. The Balaban J connectivity index is 0.00000147. The molecule has 6 heteroatoms. The summed E-state index contributed by atoms with van der Waals surface area (Å²) in [5, 5.41) is 7.46. The van der Waals surface area contributed by atoms with Gasteiger partial charge in [-0.25, -0.2) is 4.39 Å². The topological polar surface area (TPSA) is 51.0 Å². The second-order valence-electron chi connectivity index (χ2n) is 4.82. The zero-order chi connectivity index (χ0) is 13.1. The summed E-state index contributed by atoms with van der Waals surface area (Å²) in [7, 11) is 0. The van der Waals surface area contributed by atoms with Gasteiger partial charge in [0.2, 0.25) is 0 Å². The van der Waals surface area contributed by atoms with Crippen LogP contribution in [0.25, 0.3) is 11.5 Å². The maximum Gasteiger partial charge on any atom is 0.257 e. The average molecular weight is 298 g/mol. The van der Waals surface area contributed by atoms with E-state index in [-0.39, 0.29) is 24.3 Å². The molecule has 1 aliphatic rings. The van der Waals surface area contributed by atoms with Crippen LogP contribution in [-0.2, 0) is 0 Å². The van der Waals surface area contributed by atoms with Crippen molar-refractivity contribution in [1.29, 1.82) is 0 Å². The van der Waals surface area contributed by atoms with Crippen LogP contribution in [0.1, 0.15) is 37.5 Å². The summed E-state index contributed by atoms with van der Waals surface area (Å²) in [6, 6.07) is 6.24. The fraction of sp³-hybridized carbons (Fsp3) is 0.429. The smallest absolute Gasteiger partial charge is 0.257 e. The third kappa shape index (κ3) is 3.35. The van der Waals surface area contributed by atoms with Crippen LogP contribution in [0.5, 0.6) is 0 Å². The molecule has 0 amide bonds. The largest absolute Gasteiger partial charge is 0.334 e. The highest BCUT2D eigenvalue weighted by atomic mass is 35.5. The Morgan fingerprint density at radius 1 is 1.15 bits per heavy atom. The molecule has 1 aromatic carbocycles. The maximum atomic E-state index is 12.9. The Morgan fingerprint density at radius 2 is 1.95 bits per heavy atom. The highest BCUT2D eigenvalue weighted by Crippen LogP contribution is 2.23. The van der Waals surface area contributed by atoms with E-state index in [2.05, 4.69) is 15.5 Å². The van der Waals surface area contributed by atoms with E-state index in [1.165, 1.54) is 31.4 Å². The van der Waals surface area contributed by atoms with Crippen LogP contribution in [0.3, 0.4) is 0 Å². The second kappa shape index (κ2) is 6.81. The monoisotopic (exact) mass is 297 g/mol. The molecule has 20 heavy (non-hydrogen) atoms. The fourth-order valence-corrected chi connectivity index (χ4v) is 2.34. The summed E-state index contributed by atoms with van der Waals surface area (Å²) < 4.78 is 18.1. The molecule has 1 aromatic heterocycles. The van der Waals surface area contributed by atoms with E-state index in [4.69, 9.17) is 4.52 Å². The Morgan fingerprint density at radius 3 is 2.75 bits per heavy atom. The van der Waals surface area contributed by atoms with Crippen molar-refractivity contribution in [1.82, 2.24) is 15.5 Å². The highest BCUT2D eigenvalue weighted by molar-refractivity contribution is 5.85. The van der Waals surface area contributed by atoms with Crippen LogP contribution >= 0.6 is 12.4 Å². The number of nitrogens with zero attached hydrogens (tertiary/aromatic N) is 2. The number of halogens is 2. The molecule has 3 rings (SSSR count). The normalized spacial score (nSPS) is 19.1. The van der Waals surface area contributed by atoms with Gasteiger partial charge in [-0.1, -0.05) is 18.0 Å². The molecule has 1 saturated heterocycles. The molecule has 1 unspecified atom stereocenters. The summed E-state index contributed by atoms with van der Waals surface area (Å²) in [6.07, 6.45) is 4.64. The number of aromatic nitrogens is 2. The van der Waals surface area contributed by atoms with Crippen molar-refractivity contribution < 1.29 is 8.91 Å². The molecule has 0 radical (unpaired) electrons. The van der Waals surface area contributed by atoms with Gasteiger partial charge < -0.3 is 9.84 Å². The molecule has 1 aliphatic heterocycles. The van der Waals surface area contributed by atoms with E-state index in [0.717, 1.165) is 18.5 Å².